The molecule has 0 spiro atoms. The van der Waals surface area contributed by atoms with Crippen molar-refractivity contribution in [1.82, 2.24) is 0 Å². The zero-order chi connectivity index (χ0) is 7.82. The molecule has 0 aliphatic rings. The summed E-state index contributed by atoms with van der Waals surface area (Å²) >= 11 is 0. The highest BCUT2D eigenvalue weighted by atomic mass is 28.3. The van der Waals surface area contributed by atoms with Crippen LogP contribution in [-0.4, -0.2) is 13.8 Å². The Hall–Kier alpha value is 0.177. The van der Waals surface area contributed by atoms with E-state index in [0.717, 1.165) is 12.1 Å². The maximum atomic E-state index is 9.30. The monoisotopic (exact) mass is 160 g/mol. The molecule has 0 saturated heterocycles. The van der Waals surface area contributed by atoms with Crippen LogP contribution < -0.4 is 0 Å². The van der Waals surface area contributed by atoms with Gasteiger partial charge in [-0.25, -0.2) is 0 Å². The van der Waals surface area contributed by atoms with Gasteiger partial charge in [-0.2, -0.15) is 0 Å². The van der Waals surface area contributed by atoms with Gasteiger partial charge in [0.2, 0.25) is 0 Å². The van der Waals surface area contributed by atoms with Crippen LogP contribution in [0.3, 0.4) is 0 Å². The Kier molecular flexibility index (Phi) is 7.41. The minimum absolute atomic E-state index is 1.05. The molecule has 1 atom stereocenters. The highest BCUT2D eigenvalue weighted by Gasteiger charge is 2.01. The van der Waals surface area contributed by atoms with Crippen LogP contribution in [0.1, 0.15) is 39.5 Å². The molecule has 62 valence electrons. The van der Waals surface area contributed by atoms with Crippen molar-refractivity contribution in [1.29, 1.82) is 0 Å². The molecule has 0 aliphatic carbocycles. The highest BCUT2D eigenvalue weighted by molar-refractivity contribution is 6.50. The van der Waals surface area contributed by atoms with E-state index in [1.807, 2.05) is 0 Å². The summed E-state index contributed by atoms with van der Waals surface area (Å²) in [5.41, 5.74) is 0. The van der Waals surface area contributed by atoms with Crippen molar-refractivity contribution in [3.63, 3.8) is 0 Å². The zero-order valence-electron chi connectivity index (χ0n) is 7.27. The van der Waals surface area contributed by atoms with Gasteiger partial charge < -0.3 is 4.80 Å². The second-order valence-electron chi connectivity index (χ2n) is 2.91. The normalized spacial score (nSPS) is 13.5. The van der Waals surface area contributed by atoms with Gasteiger partial charge in [0.15, 0.2) is 9.04 Å². The molecule has 0 aromatic carbocycles. The third-order valence-electron chi connectivity index (χ3n) is 1.86. The number of hydrogen-bond donors (Lipinski definition) is 1. The van der Waals surface area contributed by atoms with E-state index < -0.39 is 9.04 Å². The van der Waals surface area contributed by atoms with E-state index in [-0.39, 0.29) is 0 Å². The molecule has 0 saturated carbocycles. The van der Waals surface area contributed by atoms with Crippen LogP contribution in [0.2, 0.25) is 12.1 Å². The van der Waals surface area contributed by atoms with E-state index in [0.29, 0.717) is 0 Å². The van der Waals surface area contributed by atoms with Gasteiger partial charge >= 0.3 is 0 Å². The Morgan fingerprint density at radius 1 is 1.10 bits per heavy atom. The van der Waals surface area contributed by atoms with E-state index in [9.17, 15) is 4.80 Å². The summed E-state index contributed by atoms with van der Waals surface area (Å²) in [5, 5.41) is 0. The maximum Gasteiger partial charge on any atom is 0.172 e. The lowest BCUT2D eigenvalue weighted by Gasteiger charge is -2.03. The van der Waals surface area contributed by atoms with Crippen molar-refractivity contribution < 1.29 is 4.80 Å². The SMILES string of the molecule is CCCCCC[SiH](O)CC. The first-order valence-electron chi connectivity index (χ1n) is 4.49. The molecule has 0 amide bonds. The predicted octanol–water partition coefficient (Wildman–Crippen LogP) is 2.30. The van der Waals surface area contributed by atoms with E-state index in [4.69, 9.17) is 0 Å². The molecule has 0 aliphatic heterocycles. The van der Waals surface area contributed by atoms with Crippen LogP contribution in [0, 0.1) is 0 Å². The summed E-state index contributed by atoms with van der Waals surface area (Å²) < 4.78 is 0. The summed E-state index contributed by atoms with van der Waals surface area (Å²) in [6.07, 6.45) is 5.21. The standard InChI is InChI=1S/C8H20OSi/c1-3-5-6-7-8-10(9)4-2/h9-10H,3-8H2,1-2H3. The van der Waals surface area contributed by atoms with Crippen LogP contribution >= 0.6 is 0 Å². The minimum atomic E-state index is -1.22. The van der Waals surface area contributed by atoms with Gasteiger partial charge in [-0.1, -0.05) is 39.5 Å². The Bertz CT molecular complexity index is 66.3. The predicted molar refractivity (Wildman–Crippen MR) is 48.8 cm³/mol. The molecule has 0 rings (SSSR count). The molecule has 2 heteroatoms. The topological polar surface area (TPSA) is 20.2 Å². The molecule has 0 bridgehead atoms. The van der Waals surface area contributed by atoms with Gasteiger partial charge in [-0.3, -0.25) is 0 Å². The van der Waals surface area contributed by atoms with Crippen molar-refractivity contribution >= 4 is 9.04 Å². The quantitative estimate of drug-likeness (QED) is 0.467. The lowest BCUT2D eigenvalue weighted by Crippen LogP contribution is -2.08. The molecular weight excluding hydrogens is 140 g/mol. The van der Waals surface area contributed by atoms with Gasteiger partial charge in [0, 0.05) is 0 Å². The van der Waals surface area contributed by atoms with Crippen molar-refractivity contribution in [2.45, 2.75) is 51.6 Å². The fraction of sp³-hybridized carbons (Fsp3) is 1.00. The van der Waals surface area contributed by atoms with Crippen LogP contribution in [0.15, 0.2) is 0 Å². The smallest absolute Gasteiger partial charge is 0.172 e. The Morgan fingerprint density at radius 2 is 1.80 bits per heavy atom. The molecule has 0 aromatic heterocycles. The number of hydrogen-bond acceptors (Lipinski definition) is 1. The van der Waals surface area contributed by atoms with Crippen LogP contribution in [0.4, 0.5) is 0 Å². The van der Waals surface area contributed by atoms with Crippen LogP contribution in [0.5, 0.6) is 0 Å². The van der Waals surface area contributed by atoms with E-state index >= 15 is 0 Å². The molecule has 0 fully saturated rings. The average molecular weight is 160 g/mol. The Labute approximate surface area is 66.2 Å². The van der Waals surface area contributed by atoms with Crippen molar-refractivity contribution in [3.8, 4) is 0 Å². The molecule has 1 unspecified atom stereocenters. The third kappa shape index (κ3) is 6.30. The first-order chi connectivity index (χ1) is 4.81. The molecule has 1 nitrogen and oxygen atoms in total. The molecule has 1 N–H and O–H groups in total. The molecule has 0 aromatic rings. The number of unbranched alkanes of at least 4 members (excludes halogenated alkanes) is 3. The van der Waals surface area contributed by atoms with Crippen molar-refractivity contribution in [2.24, 2.45) is 0 Å². The fourth-order valence-electron chi connectivity index (χ4n) is 1.01. The van der Waals surface area contributed by atoms with E-state index in [1.54, 1.807) is 0 Å². The lowest BCUT2D eigenvalue weighted by atomic mass is 10.2. The highest BCUT2D eigenvalue weighted by Crippen LogP contribution is 2.06. The van der Waals surface area contributed by atoms with Gasteiger partial charge in [0.05, 0.1) is 0 Å². The number of rotatable bonds is 6. The maximum absolute atomic E-state index is 9.30. The van der Waals surface area contributed by atoms with Gasteiger partial charge in [0.25, 0.3) is 0 Å². The molecule has 10 heavy (non-hydrogen) atoms. The molecule has 0 heterocycles. The second kappa shape index (κ2) is 7.29. The Morgan fingerprint density at radius 3 is 2.30 bits per heavy atom. The second-order valence-corrected chi connectivity index (χ2v) is 5.61. The Balaban J connectivity index is 2.89. The lowest BCUT2D eigenvalue weighted by molar-refractivity contribution is 0.558. The van der Waals surface area contributed by atoms with Crippen molar-refractivity contribution in [2.75, 3.05) is 0 Å². The molecular formula is C8H20OSi. The van der Waals surface area contributed by atoms with E-state index in [1.165, 1.54) is 25.7 Å². The first-order valence-corrected chi connectivity index (χ1v) is 6.64. The average Bonchev–Trinajstić information content (AvgIpc) is 1.98. The summed E-state index contributed by atoms with van der Waals surface area (Å²) in [4.78, 5) is 9.30. The minimum Gasteiger partial charge on any atom is -0.435 e. The molecule has 0 radical (unpaired) electrons. The first kappa shape index (κ1) is 10.2. The summed E-state index contributed by atoms with van der Waals surface area (Å²) in [5.74, 6) is 0. The van der Waals surface area contributed by atoms with Crippen LogP contribution in [0.25, 0.3) is 0 Å². The zero-order valence-corrected chi connectivity index (χ0v) is 8.42. The largest absolute Gasteiger partial charge is 0.435 e. The summed E-state index contributed by atoms with van der Waals surface area (Å²) in [7, 11) is -1.22. The van der Waals surface area contributed by atoms with Crippen LogP contribution in [-0.2, 0) is 0 Å². The van der Waals surface area contributed by atoms with E-state index in [2.05, 4.69) is 13.8 Å². The van der Waals surface area contributed by atoms with Gasteiger partial charge in [0.1, 0.15) is 0 Å². The summed E-state index contributed by atoms with van der Waals surface area (Å²) in [6.45, 7) is 4.31. The van der Waals surface area contributed by atoms with Crippen molar-refractivity contribution in [3.05, 3.63) is 0 Å². The fourth-order valence-corrected chi connectivity index (χ4v) is 2.18. The third-order valence-corrected chi connectivity index (χ3v) is 3.88. The van der Waals surface area contributed by atoms with Gasteiger partial charge in [-0.15, -0.1) is 0 Å². The summed E-state index contributed by atoms with van der Waals surface area (Å²) in [6, 6.07) is 2.18. The van der Waals surface area contributed by atoms with Gasteiger partial charge in [-0.05, 0) is 12.1 Å².